The lowest BCUT2D eigenvalue weighted by Gasteiger charge is -2.53. The summed E-state index contributed by atoms with van der Waals surface area (Å²) in [4.78, 5) is 29.5. The molecule has 1 aromatic rings. The summed E-state index contributed by atoms with van der Waals surface area (Å²) >= 11 is 0. The van der Waals surface area contributed by atoms with Gasteiger partial charge in [0.2, 0.25) is 0 Å². The monoisotopic (exact) mass is 911 g/mol. The first-order valence-corrected chi connectivity index (χ1v) is 23.0. The zero-order valence-electron chi connectivity index (χ0n) is 40.4. The van der Waals surface area contributed by atoms with Crippen LogP contribution in [0.15, 0.2) is 17.4 Å². The Morgan fingerprint density at radius 3 is 2.27 bits per heavy atom. The maximum Gasteiger partial charge on any atom is 0.316 e. The van der Waals surface area contributed by atoms with E-state index in [2.05, 4.69) is 20.6 Å². The molecular weight excluding hydrogens is 833 g/mol. The minimum absolute atomic E-state index is 0.0796. The molecule has 18 atom stereocenters. The Kier molecular flexibility index (Phi) is 17.1. The van der Waals surface area contributed by atoms with E-state index in [0.717, 1.165) is 0 Å². The van der Waals surface area contributed by atoms with Gasteiger partial charge in [-0.2, -0.15) is 4.99 Å². The highest BCUT2D eigenvalue weighted by Gasteiger charge is 2.59. The van der Waals surface area contributed by atoms with Crippen molar-refractivity contribution in [2.45, 2.75) is 192 Å². The number of fused-ring (bicyclic) bond motifs is 1. The maximum absolute atomic E-state index is 14.5. The number of aromatic nitrogens is 2. The average Bonchev–Trinajstić information content (AvgIpc) is 3.56. The van der Waals surface area contributed by atoms with Crippen LogP contribution in [0.4, 0.5) is 5.69 Å². The molecular formula is C45H78N6O13. The largest absolute Gasteiger partial charge is 0.467 e. The van der Waals surface area contributed by atoms with Gasteiger partial charge >= 0.3 is 12.0 Å². The van der Waals surface area contributed by atoms with Crippen molar-refractivity contribution in [3.63, 3.8) is 0 Å². The predicted octanol–water partition coefficient (Wildman–Crippen LogP) is 2.43. The van der Waals surface area contributed by atoms with Crippen LogP contribution < -0.4 is 15.4 Å². The number of hydrogen-bond acceptors (Lipinski definition) is 18. The van der Waals surface area contributed by atoms with Crippen LogP contribution in [0.3, 0.4) is 0 Å². The van der Waals surface area contributed by atoms with Crippen molar-refractivity contribution in [3.8, 4) is 6.01 Å². The van der Waals surface area contributed by atoms with Crippen LogP contribution in [0.2, 0.25) is 0 Å². The van der Waals surface area contributed by atoms with Gasteiger partial charge in [0.05, 0.1) is 61.5 Å². The van der Waals surface area contributed by atoms with Gasteiger partial charge in [-0.1, -0.05) is 27.7 Å². The molecule has 4 fully saturated rings. The molecule has 19 nitrogen and oxygen atoms in total. The zero-order chi connectivity index (χ0) is 47.5. The standard InChI is InChI=1S/C45H78N6O13/c1-15-32-44(11,55)36(52)28(7)47-20-24(3)18-42(9,54)37(64-39-35-31(17-25(4)59-39)51(12)41(63-35)50-30-21-48-40(57-13)49-22-30)26(5)34(27(6)38(53)61-32)62-33-19-43(10,58-14)45(56,23-46-16-2)29(8)60-33/h21-22,24-29,31-37,39,46-47,52,54-56H,15-20,23H2,1-14H3/b50-41-/t24-,25-,26+,27-,28-,29+,31+,32-,33+,34+,35-,36-,37-,39+,42-,43-,44-,45+/m1/s1. The van der Waals surface area contributed by atoms with Crippen molar-refractivity contribution in [2.24, 2.45) is 22.7 Å². The number of aliphatic hydroxyl groups is 4. The van der Waals surface area contributed by atoms with Crippen LogP contribution in [0.25, 0.3) is 0 Å². The predicted molar refractivity (Wildman–Crippen MR) is 236 cm³/mol. The second-order valence-corrected chi connectivity index (χ2v) is 19.4. The van der Waals surface area contributed by atoms with Crippen molar-refractivity contribution in [3.05, 3.63) is 12.4 Å². The molecule has 5 rings (SSSR count). The Bertz CT molecular complexity index is 1710. The van der Waals surface area contributed by atoms with Gasteiger partial charge < -0.3 is 73.9 Å². The lowest BCUT2D eigenvalue weighted by atomic mass is 9.75. The Morgan fingerprint density at radius 2 is 1.66 bits per heavy atom. The van der Waals surface area contributed by atoms with Crippen molar-refractivity contribution < 1.29 is 63.1 Å². The number of rotatable bonds is 11. The van der Waals surface area contributed by atoms with Crippen LogP contribution >= 0.6 is 0 Å². The smallest absolute Gasteiger partial charge is 0.316 e. The van der Waals surface area contributed by atoms with Gasteiger partial charge in [0.1, 0.15) is 34.7 Å². The topological polar surface area (TPSA) is 237 Å². The number of nitrogens with one attached hydrogen (secondary N) is 2. The molecule has 0 saturated carbocycles. The highest BCUT2D eigenvalue weighted by Crippen LogP contribution is 2.44. The normalized spacial score (nSPS) is 44.6. The van der Waals surface area contributed by atoms with Gasteiger partial charge in [-0.25, -0.2) is 9.97 Å². The molecule has 64 heavy (non-hydrogen) atoms. The van der Waals surface area contributed by atoms with E-state index < -0.39 is 95.5 Å². The van der Waals surface area contributed by atoms with Gasteiger partial charge in [0.25, 0.3) is 6.02 Å². The molecule has 0 amide bonds. The Morgan fingerprint density at radius 1 is 0.984 bits per heavy atom. The van der Waals surface area contributed by atoms with E-state index in [1.165, 1.54) is 33.5 Å². The van der Waals surface area contributed by atoms with E-state index in [9.17, 15) is 25.2 Å². The molecule has 0 aromatic carbocycles. The van der Waals surface area contributed by atoms with E-state index in [0.29, 0.717) is 31.2 Å². The van der Waals surface area contributed by atoms with Crippen molar-refractivity contribution in [2.75, 3.05) is 40.9 Å². The third-order valence-electron chi connectivity index (χ3n) is 14.2. The molecule has 0 radical (unpaired) electrons. The highest BCUT2D eigenvalue weighted by molar-refractivity contribution is 5.79. The number of ether oxygens (including phenoxy) is 8. The Labute approximate surface area is 379 Å². The Hall–Kier alpha value is -2.82. The number of hydrogen-bond donors (Lipinski definition) is 6. The lowest BCUT2D eigenvalue weighted by Crippen LogP contribution is -2.70. The summed E-state index contributed by atoms with van der Waals surface area (Å²) in [5.74, 6) is -2.73. The van der Waals surface area contributed by atoms with Gasteiger partial charge in [0.15, 0.2) is 18.7 Å². The summed E-state index contributed by atoms with van der Waals surface area (Å²) in [5.41, 5.74) is -5.58. The number of amidine groups is 1. The maximum atomic E-state index is 14.5. The molecule has 0 aliphatic carbocycles. The molecule has 1 aromatic heterocycles. The fourth-order valence-corrected chi connectivity index (χ4v) is 10.1. The number of carbonyl (C=O) groups excluding carboxylic acids is 1. The summed E-state index contributed by atoms with van der Waals surface area (Å²) in [7, 11) is 4.90. The highest BCUT2D eigenvalue weighted by atomic mass is 16.7. The van der Waals surface area contributed by atoms with Crippen molar-refractivity contribution in [1.82, 2.24) is 25.5 Å². The number of carbonyl (C=O) groups is 1. The Balaban J connectivity index is 1.57. The number of aliphatic hydroxyl groups excluding tert-OH is 1. The fraction of sp³-hybridized carbons (Fsp3) is 0.867. The quantitative estimate of drug-likeness (QED) is 0.175. The van der Waals surface area contributed by atoms with Crippen molar-refractivity contribution >= 4 is 17.7 Å². The second-order valence-electron chi connectivity index (χ2n) is 19.4. The SMILES string of the molecule is CCNC[C@]1(O)[C@H](C)O[C@@H](O[C@H]2[C@H](C)[C@@H](O[C@@H]3O[C@H](C)C[C@H]4[C@H]3O/C(=N\c3cnc(OC)nc3)N4C)[C@](C)(O)C[C@@H](C)CN[C@H](C)[C@@H](O)[C@](C)(O)[C@@H](CC)OC(=O)[C@@H]2C)C[C@@]1(C)OC. The van der Waals surface area contributed by atoms with Gasteiger partial charge in [-0.15, -0.1) is 0 Å². The average molecular weight is 911 g/mol. The first-order chi connectivity index (χ1) is 30.0. The van der Waals surface area contributed by atoms with E-state index in [1.807, 2.05) is 39.6 Å². The van der Waals surface area contributed by atoms with Crippen LogP contribution in [0.5, 0.6) is 6.01 Å². The molecule has 366 valence electrons. The minimum Gasteiger partial charge on any atom is -0.467 e. The molecule has 0 spiro atoms. The molecule has 4 aliphatic heterocycles. The number of methoxy groups -OCH3 is 2. The first-order valence-electron chi connectivity index (χ1n) is 23.0. The molecule has 0 unspecified atom stereocenters. The van der Waals surface area contributed by atoms with E-state index >= 15 is 0 Å². The van der Waals surface area contributed by atoms with Crippen LogP contribution in [-0.4, -0.2) is 178 Å². The van der Waals surface area contributed by atoms with Gasteiger partial charge in [-0.3, -0.25) is 4.79 Å². The third-order valence-corrected chi connectivity index (χ3v) is 14.2. The molecule has 19 heteroatoms. The lowest BCUT2D eigenvalue weighted by molar-refractivity contribution is -0.335. The summed E-state index contributed by atoms with van der Waals surface area (Å²) in [6.45, 7) is 20.8. The summed E-state index contributed by atoms with van der Waals surface area (Å²) in [6.07, 6.45) is -4.19. The molecule has 0 bridgehead atoms. The van der Waals surface area contributed by atoms with Crippen LogP contribution in [-0.2, 0) is 38.0 Å². The summed E-state index contributed by atoms with van der Waals surface area (Å²) < 4.78 is 50.8. The molecule has 4 aliphatic rings. The number of likely N-dealkylation sites (N-methyl/N-ethyl adjacent to an activating group) is 2. The molecule has 5 heterocycles. The van der Waals surface area contributed by atoms with Crippen LogP contribution in [0.1, 0.15) is 102 Å². The third kappa shape index (κ3) is 11.0. The van der Waals surface area contributed by atoms with E-state index in [4.69, 9.17) is 42.9 Å². The number of aliphatic imine (C=N–C) groups is 1. The molecule has 4 saturated heterocycles. The second kappa shape index (κ2) is 21.0. The number of cyclic esters (lactones) is 1. The van der Waals surface area contributed by atoms with Gasteiger partial charge in [-0.05, 0) is 86.7 Å². The van der Waals surface area contributed by atoms with E-state index in [1.54, 1.807) is 41.5 Å². The van der Waals surface area contributed by atoms with E-state index in [-0.39, 0.29) is 49.9 Å². The summed E-state index contributed by atoms with van der Waals surface area (Å²) in [6, 6.07) is -0.325. The fourth-order valence-electron chi connectivity index (χ4n) is 10.1. The number of esters is 1. The molecule has 6 N–H and O–H groups in total. The first kappa shape index (κ1) is 52.2. The number of nitrogens with zero attached hydrogens (tertiary/aromatic N) is 4. The van der Waals surface area contributed by atoms with Crippen LogP contribution in [0, 0.1) is 17.8 Å². The summed E-state index contributed by atoms with van der Waals surface area (Å²) in [5, 5.41) is 54.7. The van der Waals surface area contributed by atoms with Crippen molar-refractivity contribution in [1.29, 1.82) is 0 Å². The van der Waals surface area contributed by atoms with Gasteiger partial charge in [0, 0.05) is 39.1 Å². The zero-order valence-corrected chi connectivity index (χ0v) is 40.4. The minimum atomic E-state index is -1.83.